The van der Waals surface area contributed by atoms with E-state index in [1.807, 2.05) is 0 Å². The molecule has 4 nitrogen and oxygen atoms in total. The van der Waals surface area contributed by atoms with E-state index in [1.54, 1.807) is 19.1 Å². The van der Waals surface area contributed by atoms with Crippen LogP contribution in [0, 0.1) is 0 Å². The Morgan fingerprint density at radius 1 is 1.50 bits per heavy atom. The van der Waals surface area contributed by atoms with Gasteiger partial charge >= 0.3 is 51.4 Å². The topological polar surface area (TPSA) is 80.6 Å². The van der Waals surface area contributed by atoms with Gasteiger partial charge in [0.05, 0.1) is 18.7 Å². The Kier molecular flexibility index (Phi) is 22.8. The number of rotatable bonds is 3. The molecule has 0 rings (SSSR count). The van der Waals surface area contributed by atoms with E-state index in [1.165, 1.54) is 13.0 Å². The van der Waals surface area contributed by atoms with Crippen molar-refractivity contribution in [1.82, 2.24) is 0 Å². The molecule has 1 atom stereocenters. The number of aliphatic carboxylic acids is 1. The van der Waals surface area contributed by atoms with Crippen LogP contribution >= 0.6 is 0 Å². The summed E-state index contributed by atoms with van der Waals surface area (Å²) in [6.45, 7) is 3.19. The first-order valence-electron chi connectivity index (χ1n) is 3.83. The molecule has 14 heavy (non-hydrogen) atoms. The van der Waals surface area contributed by atoms with Crippen molar-refractivity contribution in [2.75, 3.05) is 6.61 Å². The zero-order valence-electron chi connectivity index (χ0n) is 8.80. The molecule has 2 N–H and O–H groups in total. The number of aliphatic hydroxyl groups is 2. The van der Waals surface area contributed by atoms with Gasteiger partial charge in [0.1, 0.15) is 0 Å². The Balaban J connectivity index is -0.000000177. The summed E-state index contributed by atoms with van der Waals surface area (Å²) in [6.07, 6.45) is 5.18. The quantitative estimate of drug-likeness (QED) is 0.294. The van der Waals surface area contributed by atoms with Crippen molar-refractivity contribution in [1.29, 1.82) is 0 Å². The Labute approximate surface area is 127 Å². The first kappa shape index (κ1) is 20.0. The average molecular weight is 226 g/mol. The van der Waals surface area contributed by atoms with Crippen molar-refractivity contribution in [3.63, 3.8) is 0 Å². The van der Waals surface area contributed by atoms with Gasteiger partial charge in [-0.05, 0) is 19.9 Å². The van der Waals surface area contributed by atoms with Gasteiger partial charge in [0.2, 0.25) is 0 Å². The van der Waals surface area contributed by atoms with Crippen LogP contribution < -0.4 is 56.5 Å². The average Bonchev–Trinajstić information content (AvgIpc) is 2.05. The fraction of sp³-hybridized carbons (Fsp3) is 0.444. The third-order valence-electron chi connectivity index (χ3n) is 0.800. The monoisotopic (exact) mass is 226 g/mol. The third-order valence-corrected chi connectivity index (χ3v) is 0.800. The van der Waals surface area contributed by atoms with Crippen LogP contribution in [0.3, 0.4) is 0 Å². The first-order valence-corrected chi connectivity index (χ1v) is 3.83. The molecule has 0 amide bonds. The summed E-state index contributed by atoms with van der Waals surface area (Å²) in [5.74, 6) is -1.16. The van der Waals surface area contributed by atoms with Gasteiger partial charge in [-0.15, -0.1) is 0 Å². The number of carbonyl (C=O) groups is 1. The molecule has 5 heteroatoms. The SMILES string of the molecule is C/C=C/C=C/C(=O)[O-].CC(O)CO.[K+]. The first-order chi connectivity index (χ1) is 6.04. The minimum atomic E-state index is -1.16. The van der Waals surface area contributed by atoms with Crippen molar-refractivity contribution in [2.45, 2.75) is 20.0 Å². The van der Waals surface area contributed by atoms with Crippen molar-refractivity contribution in [3.05, 3.63) is 24.3 Å². The fourth-order valence-corrected chi connectivity index (χ4v) is 0.245. The van der Waals surface area contributed by atoms with Crippen LogP contribution in [0.25, 0.3) is 0 Å². The van der Waals surface area contributed by atoms with Gasteiger partial charge in [-0.3, -0.25) is 0 Å². The van der Waals surface area contributed by atoms with E-state index < -0.39 is 12.1 Å². The molecular weight excluding hydrogens is 211 g/mol. The molecule has 0 fully saturated rings. The molecule has 1 unspecified atom stereocenters. The predicted octanol–water partition coefficient (Wildman–Crippen LogP) is -3.77. The summed E-state index contributed by atoms with van der Waals surface area (Å²) in [5, 5.41) is 25.6. The van der Waals surface area contributed by atoms with Gasteiger partial charge < -0.3 is 20.1 Å². The molecule has 0 aliphatic heterocycles. The van der Waals surface area contributed by atoms with Gasteiger partial charge in [0, 0.05) is 0 Å². The minimum absolute atomic E-state index is 0. The van der Waals surface area contributed by atoms with Crippen LogP contribution in [-0.4, -0.2) is 28.9 Å². The van der Waals surface area contributed by atoms with Crippen LogP contribution in [0.15, 0.2) is 24.3 Å². The van der Waals surface area contributed by atoms with Gasteiger partial charge in [-0.2, -0.15) is 0 Å². The van der Waals surface area contributed by atoms with Crippen LogP contribution in [-0.2, 0) is 4.79 Å². The largest absolute Gasteiger partial charge is 1.00 e. The van der Waals surface area contributed by atoms with Crippen molar-refractivity contribution in [2.24, 2.45) is 0 Å². The number of carbonyl (C=O) groups excluding carboxylic acids is 1. The van der Waals surface area contributed by atoms with Crippen molar-refractivity contribution < 1.29 is 71.5 Å². The van der Waals surface area contributed by atoms with Crippen molar-refractivity contribution in [3.8, 4) is 0 Å². The van der Waals surface area contributed by atoms with E-state index >= 15 is 0 Å². The summed E-state index contributed by atoms with van der Waals surface area (Å²) in [4.78, 5) is 9.64. The van der Waals surface area contributed by atoms with Crippen LogP contribution in [0.1, 0.15) is 13.8 Å². The van der Waals surface area contributed by atoms with Gasteiger partial charge in [0.15, 0.2) is 0 Å². The van der Waals surface area contributed by atoms with Crippen LogP contribution in [0.2, 0.25) is 0 Å². The molecule has 0 aromatic rings. The molecule has 0 saturated carbocycles. The van der Waals surface area contributed by atoms with E-state index in [9.17, 15) is 9.90 Å². The molecule has 0 spiro atoms. The minimum Gasteiger partial charge on any atom is -0.545 e. The summed E-state index contributed by atoms with van der Waals surface area (Å²) in [5.41, 5.74) is 0. The summed E-state index contributed by atoms with van der Waals surface area (Å²) in [6, 6.07) is 0. The fourth-order valence-electron chi connectivity index (χ4n) is 0.245. The van der Waals surface area contributed by atoms with Crippen LogP contribution in [0.5, 0.6) is 0 Å². The Bertz CT molecular complexity index is 176. The van der Waals surface area contributed by atoms with Crippen LogP contribution in [0.4, 0.5) is 0 Å². The second-order valence-corrected chi connectivity index (χ2v) is 2.24. The maximum Gasteiger partial charge on any atom is 1.00 e. The van der Waals surface area contributed by atoms with E-state index in [0.29, 0.717) is 0 Å². The molecule has 0 aliphatic rings. The molecular formula is C9H15KO4. The third kappa shape index (κ3) is 29.4. The number of hydrogen-bond donors (Lipinski definition) is 2. The second kappa shape index (κ2) is 16.0. The molecule has 0 heterocycles. The van der Waals surface area contributed by atoms with Gasteiger partial charge in [-0.1, -0.05) is 18.2 Å². The van der Waals surface area contributed by atoms with E-state index in [4.69, 9.17) is 10.2 Å². The molecule has 0 aliphatic carbocycles. The number of aliphatic hydroxyl groups excluding tert-OH is 2. The number of carboxylic acids is 1. The molecule has 0 aromatic heterocycles. The predicted molar refractivity (Wildman–Crippen MR) is 47.7 cm³/mol. The van der Waals surface area contributed by atoms with E-state index in [-0.39, 0.29) is 58.0 Å². The Morgan fingerprint density at radius 2 is 1.93 bits per heavy atom. The molecule has 0 saturated heterocycles. The number of carboxylic acid groups (broad SMARTS) is 1. The smallest absolute Gasteiger partial charge is 0.545 e. The van der Waals surface area contributed by atoms with Gasteiger partial charge in [-0.25, -0.2) is 0 Å². The van der Waals surface area contributed by atoms with Gasteiger partial charge in [0.25, 0.3) is 0 Å². The normalized spacial score (nSPS) is 11.7. The summed E-state index contributed by atoms with van der Waals surface area (Å²) >= 11 is 0. The summed E-state index contributed by atoms with van der Waals surface area (Å²) < 4.78 is 0. The molecule has 0 radical (unpaired) electrons. The molecule has 0 bridgehead atoms. The molecule has 76 valence electrons. The molecule has 0 aromatic carbocycles. The standard InChI is InChI=1S/C6H8O2.C3H8O2.K/c1-2-3-4-5-6(7)8;1-3(5)2-4;/h2-5H,1H3,(H,7,8);3-5H,2H2,1H3;/q;;+1/p-1/b3-2+,5-4+;;. The zero-order chi connectivity index (χ0) is 10.7. The van der Waals surface area contributed by atoms with E-state index in [0.717, 1.165) is 6.08 Å². The zero-order valence-corrected chi connectivity index (χ0v) is 11.9. The Morgan fingerprint density at radius 3 is 2.14 bits per heavy atom. The number of hydrogen-bond acceptors (Lipinski definition) is 4. The summed E-state index contributed by atoms with van der Waals surface area (Å²) in [7, 11) is 0. The Hall–Kier alpha value is 0.506. The maximum atomic E-state index is 9.64. The second-order valence-electron chi connectivity index (χ2n) is 2.24. The number of allylic oxidation sites excluding steroid dienone is 3. The maximum absolute atomic E-state index is 9.64. The van der Waals surface area contributed by atoms with E-state index in [2.05, 4.69) is 0 Å². The van der Waals surface area contributed by atoms with Crippen molar-refractivity contribution >= 4 is 5.97 Å².